The average molecular weight is 463 g/mol. The van der Waals surface area contributed by atoms with Crippen molar-refractivity contribution < 1.29 is 14.3 Å². The minimum absolute atomic E-state index is 0.00221. The Kier molecular flexibility index (Phi) is 5.57. The SMILES string of the molecule is O=C(c1nn(-c2cccc(N3CCOCC3)c2)c2c1CSc1ccccc1-2)N1CCOCC1. The van der Waals surface area contributed by atoms with E-state index in [2.05, 4.69) is 53.4 Å². The van der Waals surface area contributed by atoms with Crippen LogP contribution in [-0.4, -0.2) is 73.2 Å². The lowest BCUT2D eigenvalue weighted by Crippen LogP contribution is -2.41. The molecular weight excluding hydrogens is 436 g/mol. The Balaban J connectivity index is 1.47. The van der Waals surface area contributed by atoms with Crippen molar-refractivity contribution in [2.45, 2.75) is 10.6 Å². The number of carbonyl (C=O) groups excluding carboxylic acids is 1. The number of anilines is 1. The highest BCUT2D eigenvalue weighted by molar-refractivity contribution is 7.98. The zero-order valence-corrected chi connectivity index (χ0v) is 19.2. The molecule has 0 radical (unpaired) electrons. The van der Waals surface area contributed by atoms with Gasteiger partial charge >= 0.3 is 0 Å². The zero-order chi connectivity index (χ0) is 22.2. The highest BCUT2D eigenvalue weighted by Gasteiger charge is 2.32. The summed E-state index contributed by atoms with van der Waals surface area (Å²) in [4.78, 5) is 18.9. The van der Waals surface area contributed by atoms with Gasteiger partial charge in [0.05, 0.1) is 37.8 Å². The number of amides is 1. The third kappa shape index (κ3) is 3.82. The maximum atomic E-state index is 13.5. The standard InChI is InChI=1S/C25H26N4O3S/c30-25(28-10-14-32-15-11-28)23-21-17-33-22-7-2-1-6-20(22)24(21)29(26-23)19-5-3-4-18(16-19)27-8-12-31-13-9-27/h1-7,16H,8-15,17H2. The Bertz CT molecular complexity index is 1180. The van der Waals surface area contributed by atoms with Crippen molar-refractivity contribution in [1.29, 1.82) is 0 Å². The number of nitrogens with zero attached hydrogens (tertiary/aromatic N) is 4. The van der Waals surface area contributed by atoms with Crippen LogP contribution in [0.1, 0.15) is 16.1 Å². The van der Waals surface area contributed by atoms with Gasteiger partial charge in [-0.05, 0) is 24.3 Å². The number of hydrogen-bond acceptors (Lipinski definition) is 6. The number of fused-ring (bicyclic) bond motifs is 3. The van der Waals surface area contributed by atoms with Crippen molar-refractivity contribution in [2.75, 3.05) is 57.5 Å². The molecule has 170 valence electrons. The first kappa shape index (κ1) is 20.8. The summed E-state index contributed by atoms with van der Waals surface area (Å²) in [7, 11) is 0. The highest BCUT2D eigenvalue weighted by Crippen LogP contribution is 2.44. The Labute approximate surface area is 197 Å². The Morgan fingerprint density at radius 2 is 1.61 bits per heavy atom. The molecule has 0 unspecified atom stereocenters. The number of benzene rings is 2. The molecule has 1 aromatic heterocycles. The molecule has 0 bridgehead atoms. The number of thioether (sulfide) groups is 1. The van der Waals surface area contributed by atoms with E-state index in [1.54, 1.807) is 11.8 Å². The smallest absolute Gasteiger partial charge is 0.274 e. The first-order valence-electron chi connectivity index (χ1n) is 11.4. The van der Waals surface area contributed by atoms with Crippen molar-refractivity contribution >= 4 is 23.4 Å². The molecule has 6 rings (SSSR count). The highest BCUT2D eigenvalue weighted by atomic mass is 32.2. The lowest BCUT2D eigenvalue weighted by molar-refractivity contribution is 0.0298. The van der Waals surface area contributed by atoms with E-state index in [1.165, 1.54) is 4.90 Å². The molecule has 0 N–H and O–H groups in total. The van der Waals surface area contributed by atoms with Crippen LogP contribution in [-0.2, 0) is 15.2 Å². The van der Waals surface area contributed by atoms with Gasteiger partial charge in [-0.1, -0.05) is 24.3 Å². The summed E-state index contributed by atoms with van der Waals surface area (Å²) >= 11 is 1.77. The van der Waals surface area contributed by atoms with Gasteiger partial charge < -0.3 is 19.3 Å². The van der Waals surface area contributed by atoms with E-state index in [1.807, 2.05) is 9.58 Å². The molecule has 2 aromatic carbocycles. The Morgan fingerprint density at radius 1 is 0.879 bits per heavy atom. The first-order valence-corrected chi connectivity index (χ1v) is 12.4. The lowest BCUT2D eigenvalue weighted by atomic mass is 10.0. The Morgan fingerprint density at radius 3 is 2.42 bits per heavy atom. The molecule has 0 aliphatic carbocycles. The molecule has 33 heavy (non-hydrogen) atoms. The van der Waals surface area contributed by atoms with Crippen LogP contribution in [0.2, 0.25) is 0 Å². The van der Waals surface area contributed by atoms with E-state index in [0.717, 1.165) is 60.3 Å². The first-order chi connectivity index (χ1) is 16.3. The van der Waals surface area contributed by atoms with E-state index < -0.39 is 0 Å². The van der Waals surface area contributed by atoms with Crippen molar-refractivity contribution in [1.82, 2.24) is 14.7 Å². The predicted molar refractivity (Wildman–Crippen MR) is 128 cm³/mol. The number of aromatic nitrogens is 2. The van der Waals surface area contributed by atoms with E-state index >= 15 is 0 Å². The molecule has 3 aromatic rings. The predicted octanol–water partition coefficient (Wildman–Crippen LogP) is 3.45. The third-order valence-electron chi connectivity index (χ3n) is 6.45. The largest absolute Gasteiger partial charge is 0.378 e. The molecule has 3 aliphatic rings. The van der Waals surface area contributed by atoms with Crippen molar-refractivity contribution in [3.8, 4) is 16.9 Å². The second-order valence-electron chi connectivity index (χ2n) is 8.40. The molecule has 1 amide bonds. The monoisotopic (exact) mass is 462 g/mol. The van der Waals surface area contributed by atoms with E-state index in [0.29, 0.717) is 32.0 Å². The van der Waals surface area contributed by atoms with Gasteiger partial charge in [0, 0.05) is 53.6 Å². The van der Waals surface area contributed by atoms with Crippen LogP contribution >= 0.6 is 11.8 Å². The molecule has 4 heterocycles. The summed E-state index contributed by atoms with van der Waals surface area (Å²) in [6, 6.07) is 16.9. The molecule has 7 nitrogen and oxygen atoms in total. The molecule has 2 saturated heterocycles. The van der Waals surface area contributed by atoms with Crippen LogP contribution in [0.25, 0.3) is 16.9 Å². The van der Waals surface area contributed by atoms with Crippen LogP contribution < -0.4 is 4.90 Å². The van der Waals surface area contributed by atoms with Gasteiger partial charge in [0.1, 0.15) is 0 Å². The van der Waals surface area contributed by atoms with Crippen LogP contribution in [0, 0.1) is 0 Å². The summed E-state index contributed by atoms with van der Waals surface area (Å²) in [5.41, 5.74) is 5.87. The molecule has 0 saturated carbocycles. The van der Waals surface area contributed by atoms with E-state index in [4.69, 9.17) is 14.6 Å². The van der Waals surface area contributed by atoms with Crippen molar-refractivity contribution in [3.05, 3.63) is 59.8 Å². The number of morpholine rings is 2. The number of carbonyl (C=O) groups is 1. The second-order valence-corrected chi connectivity index (χ2v) is 9.41. The molecule has 0 atom stereocenters. The maximum Gasteiger partial charge on any atom is 0.274 e. The summed E-state index contributed by atoms with van der Waals surface area (Å²) in [6.45, 7) is 5.60. The fourth-order valence-corrected chi connectivity index (χ4v) is 5.79. The van der Waals surface area contributed by atoms with Crippen LogP contribution in [0.15, 0.2) is 53.4 Å². The minimum atomic E-state index is -0.00221. The van der Waals surface area contributed by atoms with Crippen LogP contribution in [0.5, 0.6) is 0 Å². The number of ether oxygens (including phenoxy) is 2. The maximum absolute atomic E-state index is 13.5. The van der Waals surface area contributed by atoms with Crippen molar-refractivity contribution in [3.63, 3.8) is 0 Å². The van der Waals surface area contributed by atoms with Gasteiger partial charge in [-0.25, -0.2) is 4.68 Å². The van der Waals surface area contributed by atoms with Gasteiger partial charge in [-0.2, -0.15) is 5.10 Å². The summed E-state index contributed by atoms with van der Waals surface area (Å²) in [6.07, 6.45) is 0. The summed E-state index contributed by atoms with van der Waals surface area (Å²) < 4.78 is 13.0. The van der Waals surface area contributed by atoms with E-state index in [9.17, 15) is 4.79 Å². The van der Waals surface area contributed by atoms with Gasteiger partial charge in [0.25, 0.3) is 5.91 Å². The summed E-state index contributed by atoms with van der Waals surface area (Å²) in [5.74, 6) is 0.735. The van der Waals surface area contributed by atoms with Gasteiger partial charge in [0.2, 0.25) is 0 Å². The molecular formula is C25H26N4O3S. The Hall–Kier alpha value is -2.81. The van der Waals surface area contributed by atoms with Crippen LogP contribution in [0.3, 0.4) is 0 Å². The molecule has 2 fully saturated rings. The second kappa shape index (κ2) is 8.85. The normalized spacial score (nSPS) is 18.1. The third-order valence-corrected chi connectivity index (χ3v) is 7.55. The minimum Gasteiger partial charge on any atom is -0.378 e. The number of rotatable bonds is 3. The van der Waals surface area contributed by atoms with Crippen molar-refractivity contribution in [2.24, 2.45) is 0 Å². The lowest BCUT2D eigenvalue weighted by Gasteiger charge is -2.29. The summed E-state index contributed by atoms with van der Waals surface area (Å²) in [5, 5.41) is 4.95. The zero-order valence-electron chi connectivity index (χ0n) is 18.4. The number of hydrogen-bond donors (Lipinski definition) is 0. The molecule has 8 heteroatoms. The fraction of sp³-hybridized carbons (Fsp3) is 0.360. The molecule has 0 spiro atoms. The fourth-order valence-electron chi connectivity index (χ4n) is 4.72. The van der Waals surface area contributed by atoms with E-state index in [-0.39, 0.29) is 5.91 Å². The quantitative estimate of drug-likeness (QED) is 0.594. The molecule has 3 aliphatic heterocycles. The van der Waals surface area contributed by atoms with Gasteiger partial charge in [-0.3, -0.25) is 4.79 Å². The van der Waals surface area contributed by atoms with Gasteiger partial charge in [-0.15, -0.1) is 11.8 Å². The van der Waals surface area contributed by atoms with Crippen LogP contribution in [0.4, 0.5) is 5.69 Å². The topological polar surface area (TPSA) is 59.8 Å². The average Bonchev–Trinajstić information content (AvgIpc) is 3.30. The van der Waals surface area contributed by atoms with Gasteiger partial charge in [0.15, 0.2) is 5.69 Å².